The zero-order valence-electron chi connectivity index (χ0n) is 13.2. The molecule has 4 rings (SSSR count). The zero-order chi connectivity index (χ0) is 14.8. The van der Waals surface area contributed by atoms with E-state index in [1.54, 1.807) is 0 Å². The lowest BCUT2D eigenvalue weighted by molar-refractivity contribution is -0.143. The molecule has 2 heteroatoms. The van der Waals surface area contributed by atoms with Gasteiger partial charge in [-0.1, -0.05) is 19.1 Å². The molecule has 4 aliphatic carbocycles. The molecule has 6 unspecified atom stereocenters. The lowest BCUT2D eigenvalue weighted by Gasteiger charge is -2.60. The zero-order valence-corrected chi connectivity index (χ0v) is 13.2. The quantitative estimate of drug-likeness (QED) is 0.713. The summed E-state index contributed by atoms with van der Waals surface area (Å²) in [6, 6.07) is 0. The van der Waals surface area contributed by atoms with E-state index < -0.39 is 5.97 Å². The van der Waals surface area contributed by atoms with E-state index in [4.69, 9.17) is 0 Å². The van der Waals surface area contributed by atoms with Gasteiger partial charge in [-0.2, -0.15) is 0 Å². The van der Waals surface area contributed by atoms with Gasteiger partial charge in [0, 0.05) is 0 Å². The third kappa shape index (κ3) is 1.74. The maximum absolute atomic E-state index is 11.6. The number of carboxylic acid groups (broad SMARTS) is 1. The lowest BCUT2D eigenvalue weighted by Crippen LogP contribution is -2.52. The molecule has 0 aromatic rings. The fourth-order valence-electron chi connectivity index (χ4n) is 7.22. The van der Waals surface area contributed by atoms with Gasteiger partial charge in [0.1, 0.15) is 0 Å². The number of fused-ring (bicyclic) bond motifs is 3. The molecule has 1 spiro atoms. The van der Waals surface area contributed by atoms with Gasteiger partial charge < -0.3 is 5.11 Å². The molecule has 116 valence electrons. The van der Waals surface area contributed by atoms with E-state index in [2.05, 4.69) is 13.5 Å². The highest BCUT2D eigenvalue weighted by Crippen LogP contribution is 2.70. The van der Waals surface area contributed by atoms with Crippen molar-refractivity contribution >= 4 is 5.97 Å². The Bertz CT molecular complexity index is 496. The van der Waals surface area contributed by atoms with Crippen molar-refractivity contribution in [3.8, 4) is 0 Å². The molecule has 0 aliphatic heterocycles. The minimum atomic E-state index is -0.530. The number of carbonyl (C=O) groups is 1. The molecule has 1 N–H and O–H groups in total. The summed E-state index contributed by atoms with van der Waals surface area (Å²) < 4.78 is 0. The predicted octanol–water partition coefficient (Wildman–Crippen LogP) is 4.65. The Morgan fingerprint density at radius 2 is 2.05 bits per heavy atom. The minimum Gasteiger partial charge on any atom is -0.481 e. The first-order valence-electron chi connectivity index (χ1n) is 8.87. The molecule has 2 bridgehead atoms. The Labute approximate surface area is 128 Å². The highest BCUT2D eigenvalue weighted by atomic mass is 16.4. The fraction of sp³-hybridized carbons (Fsp3) is 0.842. The molecule has 6 atom stereocenters. The fourth-order valence-corrected chi connectivity index (χ4v) is 7.22. The van der Waals surface area contributed by atoms with Crippen LogP contribution in [-0.2, 0) is 4.79 Å². The van der Waals surface area contributed by atoms with Crippen LogP contribution >= 0.6 is 0 Å². The van der Waals surface area contributed by atoms with Gasteiger partial charge in [-0.15, -0.1) is 0 Å². The second-order valence-corrected chi connectivity index (χ2v) is 8.71. The summed E-state index contributed by atoms with van der Waals surface area (Å²) in [6.45, 7) is 6.91. The van der Waals surface area contributed by atoms with E-state index in [0.717, 1.165) is 18.8 Å². The summed E-state index contributed by atoms with van der Waals surface area (Å²) in [5.74, 6) is 1.34. The number of allylic oxidation sites excluding steroid dienone is 1. The van der Waals surface area contributed by atoms with E-state index >= 15 is 0 Å². The highest BCUT2D eigenvalue weighted by Gasteiger charge is 2.62. The first-order chi connectivity index (χ1) is 9.96. The third-order valence-electron chi connectivity index (χ3n) is 7.98. The van der Waals surface area contributed by atoms with Crippen LogP contribution in [0.15, 0.2) is 12.2 Å². The van der Waals surface area contributed by atoms with Crippen LogP contribution in [-0.4, -0.2) is 11.1 Å². The lowest BCUT2D eigenvalue weighted by atomic mass is 9.44. The van der Waals surface area contributed by atoms with Crippen molar-refractivity contribution in [3.05, 3.63) is 12.2 Å². The topological polar surface area (TPSA) is 37.3 Å². The maximum Gasteiger partial charge on any atom is 0.306 e. The molecule has 0 aromatic carbocycles. The smallest absolute Gasteiger partial charge is 0.306 e. The monoisotopic (exact) mass is 288 g/mol. The van der Waals surface area contributed by atoms with Crippen LogP contribution in [0.1, 0.15) is 64.7 Å². The molecule has 4 aliphatic rings. The number of aliphatic carboxylic acids is 1. The van der Waals surface area contributed by atoms with Crippen LogP contribution in [0.2, 0.25) is 0 Å². The summed E-state index contributed by atoms with van der Waals surface area (Å²) in [7, 11) is 0. The van der Waals surface area contributed by atoms with Gasteiger partial charge in [-0.3, -0.25) is 4.79 Å². The maximum atomic E-state index is 11.6. The Balaban J connectivity index is 1.70. The molecule has 0 radical (unpaired) electrons. The Kier molecular flexibility index (Phi) is 2.88. The molecule has 0 saturated heterocycles. The van der Waals surface area contributed by atoms with Crippen LogP contribution in [0, 0.1) is 34.5 Å². The minimum absolute atomic E-state index is 0.0538. The van der Waals surface area contributed by atoms with Crippen LogP contribution in [0.4, 0.5) is 0 Å². The van der Waals surface area contributed by atoms with E-state index in [-0.39, 0.29) is 5.92 Å². The predicted molar refractivity (Wildman–Crippen MR) is 82.8 cm³/mol. The SMILES string of the molecule is C=C1CCCC2(C)C1CCC13CC(CCC12)C(C(=O)O)C3. The van der Waals surface area contributed by atoms with Crippen molar-refractivity contribution in [2.75, 3.05) is 0 Å². The largest absolute Gasteiger partial charge is 0.481 e. The molecule has 0 amide bonds. The van der Waals surface area contributed by atoms with Crippen molar-refractivity contribution in [3.63, 3.8) is 0 Å². The molecule has 21 heavy (non-hydrogen) atoms. The van der Waals surface area contributed by atoms with E-state index in [1.807, 2.05) is 0 Å². The number of rotatable bonds is 1. The second kappa shape index (κ2) is 4.36. The van der Waals surface area contributed by atoms with Crippen molar-refractivity contribution in [1.82, 2.24) is 0 Å². The van der Waals surface area contributed by atoms with Gasteiger partial charge in [0.25, 0.3) is 0 Å². The van der Waals surface area contributed by atoms with Gasteiger partial charge in [-0.25, -0.2) is 0 Å². The first-order valence-corrected chi connectivity index (χ1v) is 8.87. The van der Waals surface area contributed by atoms with Gasteiger partial charge in [0.05, 0.1) is 5.92 Å². The van der Waals surface area contributed by atoms with Crippen molar-refractivity contribution in [2.45, 2.75) is 64.7 Å². The summed E-state index contributed by atoms with van der Waals surface area (Å²) in [6.07, 6.45) is 11.0. The molecule has 0 heterocycles. The van der Waals surface area contributed by atoms with E-state index in [9.17, 15) is 9.90 Å². The third-order valence-corrected chi connectivity index (χ3v) is 7.98. The first kappa shape index (κ1) is 13.8. The Morgan fingerprint density at radius 3 is 2.81 bits per heavy atom. The number of carboxylic acids is 1. The molecular formula is C19H28O2. The molecular weight excluding hydrogens is 260 g/mol. The second-order valence-electron chi connectivity index (χ2n) is 8.71. The van der Waals surface area contributed by atoms with Gasteiger partial charge in [-0.05, 0) is 86.4 Å². The van der Waals surface area contributed by atoms with Gasteiger partial charge >= 0.3 is 5.97 Å². The summed E-state index contributed by atoms with van der Waals surface area (Å²) in [4.78, 5) is 11.6. The van der Waals surface area contributed by atoms with Crippen molar-refractivity contribution in [1.29, 1.82) is 0 Å². The van der Waals surface area contributed by atoms with Crippen LogP contribution in [0.3, 0.4) is 0 Å². The average Bonchev–Trinajstić information content (AvgIpc) is 2.70. The van der Waals surface area contributed by atoms with Gasteiger partial charge in [0.15, 0.2) is 0 Å². The number of hydrogen-bond donors (Lipinski definition) is 1. The normalized spacial score (nSPS) is 52.1. The molecule has 2 nitrogen and oxygen atoms in total. The summed E-state index contributed by atoms with van der Waals surface area (Å²) >= 11 is 0. The molecule has 4 fully saturated rings. The van der Waals surface area contributed by atoms with Crippen LogP contribution < -0.4 is 0 Å². The van der Waals surface area contributed by atoms with Crippen LogP contribution in [0.25, 0.3) is 0 Å². The van der Waals surface area contributed by atoms with Crippen molar-refractivity contribution in [2.24, 2.45) is 34.5 Å². The van der Waals surface area contributed by atoms with Crippen molar-refractivity contribution < 1.29 is 9.90 Å². The summed E-state index contributed by atoms with van der Waals surface area (Å²) in [5.41, 5.74) is 2.26. The standard InChI is InChI=1S/C19H28O2/c1-12-4-3-8-18(2)15(12)7-9-19-10-13(5-6-16(18)19)14(11-19)17(20)21/h13-16H,1,3-11H2,2H3,(H,20,21). The summed E-state index contributed by atoms with van der Waals surface area (Å²) in [5, 5.41) is 9.57. The number of hydrogen-bond acceptors (Lipinski definition) is 1. The Morgan fingerprint density at radius 1 is 1.24 bits per heavy atom. The average molecular weight is 288 g/mol. The Hall–Kier alpha value is -0.790. The van der Waals surface area contributed by atoms with Crippen LogP contribution in [0.5, 0.6) is 0 Å². The van der Waals surface area contributed by atoms with E-state index in [1.165, 1.54) is 50.5 Å². The molecule has 0 aromatic heterocycles. The molecule has 4 saturated carbocycles. The van der Waals surface area contributed by atoms with E-state index in [0.29, 0.717) is 22.7 Å². The highest BCUT2D eigenvalue weighted by molar-refractivity contribution is 5.71. The van der Waals surface area contributed by atoms with Gasteiger partial charge in [0.2, 0.25) is 0 Å².